The summed E-state index contributed by atoms with van der Waals surface area (Å²) in [7, 11) is 0. The van der Waals surface area contributed by atoms with Crippen LogP contribution in [-0.2, 0) is 4.79 Å². The van der Waals surface area contributed by atoms with Gasteiger partial charge in [-0.25, -0.2) is 0 Å². The number of fused-ring (bicyclic) bond motifs is 4. The molecule has 0 aromatic rings. The fraction of sp³-hybridized carbons (Fsp3) is 0.750. The number of ketones is 1. The van der Waals surface area contributed by atoms with E-state index in [9.17, 15) is 9.90 Å². The van der Waals surface area contributed by atoms with Crippen molar-refractivity contribution in [2.75, 3.05) is 0 Å². The van der Waals surface area contributed by atoms with Crippen LogP contribution in [0.4, 0.5) is 0 Å². The largest absolute Gasteiger partial charge is 0.393 e. The highest BCUT2D eigenvalue weighted by atomic mass is 16.3. The number of hydrogen-bond acceptors (Lipinski definition) is 2. The molecule has 2 saturated carbocycles. The van der Waals surface area contributed by atoms with Crippen molar-refractivity contribution in [1.82, 2.24) is 0 Å². The maximum absolute atomic E-state index is 11.8. The molecule has 4 unspecified atom stereocenters. The van der Waals surface area contributed by atoms with Crippen molar-refractivity contribution < 1.29 is 9.90 Å². The monoisotopic (exact) mass is 300 g/mol. The summed E-state index contributed by atoms with van der Waals surface area (Å²) in [6, 6.07) is 0. The van der Waals surface area contributed by atoms with Crippen molar-refractivity contribution in [3.05, 3.63) is 22.8 Å². The summed E-state index contributed by atoms with van der Waals surface area (Å²) in [4.78, 5) is 11.8. The minimum absolute atomic E-state index is 0.105. The van der Waals surface area contributed by atoms with E-state index in [4.69, 9.17) is 0 Å². The second-order valence-electron chi connectivity index (χ2n) is 8.59. The van der Waals surface area contributed by atoms with Gasteiger partial charge in [-0.2, -0.15) is 0 Å². The van der Waals surface area contributed by atoms with E-state index in [0.717, 1.165) is 25.7 Å². The lowest BCUT2D eigenvalue weighted by molar-refractivity contribution is -0.114. The van der Waals surface area contributed by atoms with Crippen LogP contribution in [-0.4, -0.2) is 17.0 Å². The number of aliphatic hydroxyl groups excluding tert-OH is 1. The minimum Gasteiger partial charge on any atom is -0.393 e. The van der Waals surface area contributed by atoms with Gasteiger partial charge in [0.15, 0.2) is 5.78 Å². The molecule has 0 spiro atoms. The van der Waals surface area contributed by atoms with Crippen LogP contribution in [0.1, 0.15) is 59.3 Å². The van der Waals surface area contributed by atoms with Crippen molar-refractivity contribution in [2.24, 2.45) is 29.1 Å². The van der Waals surface area contributed by atoms with E-state index in [1.54, 1.807) is 5.57 Å². The van der Waals surface area contributed by atoms with E-state index in [0.29, 0.717) is 35.9 Å². The zero-order chi connectivity index (χ0) is 15.6. The van der Waals surface area contributed by atoms with Gasteiger partial charge in [-0.05, 0) is 78.4 Å². The molecule has 0 amide bonds. The van der Waals surface area contributed by atoms with Crippen molar-refractivity contribution >= 4 is 5.78 Å². The van der Waals surface area contributed by atoms with E-state index in [1.165, 1.54) is 17.6 Å². The molecule has 0 bridgehead atoms. The molecule has 1 N–H and O–H groups in total. The van der Waals surface area contributed by atoms with Crippen molar-refractivity contribution in [3.63, 3.8) is 0 Å². The third kappa shape index (κ3) is 1.86. The first-order valence-corrected chi connectivity index (χ1v) is 9.06. The quantitative estimate of drug-likeness (QED) is 0.733. The minimum atomic E-state index is -0.122. The number of rotatable bonds is 0. The van der Waals surface area contributed by atoms with E-state index in [2.05, 4.69) is 20.8 Å². The third-order valence-electron chi connectivity index (χ3n) is 7.28. The second-order valence-corrected chi connectivity index (χ2v) is 8.59. The molecule has 0 aromatic heterocycles. The number of hydrogen-bond donors (Lipinski definition) is 1. The van der Waals surface area contributed by atoms with Crippen LogP contribution in [0.25, 0.3) is 0 Å². The summed E-state index contributed by atoms with van der Waals surface area (Å²) in [5.74, 6) is 2.73. The standard InChI is InChI=1S/C20H28O2/c1-11-8-13-9-14(21)4-5-15(13)18-12(2)10-20(3)16(19(11)18)6-7-17(20)22/h9,11-12,16-17,19,22H,4-8,10H2,1-3H3/t11-,12?,16?,17?,19?,20+/m1/s1. The SMILES string of the molecule is CC1C[C@]2(C)C(O)CCC2C2C1=C1CCC(=O)C=C1C[C@H]2C. The van der Waals surface area contributed by atoms with Crippen LogP contribution in [0.15, 0.2) is 22.8 Å². The summed E-state index contributed by atoms with van der Waals surface area (Å²) in [6.45, 7) is 7.05. The Bertz CT molecular complexity index is 585. The van der Waals surface area contributed by atoms with Gasteiger partial charge in [0.2, 0.25) is 0 Å². The van der Waals surface area contributed by atoms with Crippen LogP contribution in [0.2, 0.25) is 0 Å². The molecule has 120 valence electrons. The summed E-state index contributed by atoms with van der Waals surface area (Å²) in [6.07, 6.45) is 7.79. The summed E-state index contributed by atoms with van der Waals surface area (Å²) >= 11 is 0. The normalized spacial score (nSPS) is 47.7. The topological polar surface area (TPSA) is 37.3 Å². The fourth-order valence-corrected chi connectivity index (χ4v) is 6.39. The molecule has 4 aliphatic carbocycles. The zero-order valence-electron chi connectivity index (χ0n) is 14.1. The van der Waals surface area contributed by atoms with Crippen LogP contribution in [0.3, 0.4) is 0 Å². The Morgan fingerprint density at radius 3 is 2.77 bits per heavy atom. The fourth-order valence-electron chi connectivity index (χ4n) is 6.39. The lowest BCUT2D eigenvalue weighted by Crippen LogP contribution is -2.47. The van der Waals surface area contributed by atoms with Crippen molar-refractivity contribution in [3.8, 4) is 0 Å². The summed E-state index contributed by atoms with van der Waals surface area (Å²) in [5.41, 5.74) is 4.63. The molecule has 4 rings (SSSR count). The highest BCUT2D eigenvalue weighted by Gasteiger charge is 2.56. The lowest BCUT2D eigenvalue weighted by atomic mass is 9.52. The van der Waals surface area contributed by atoms with Crippen LogP contribution >= 0.6 is 0 Å². The Kier molecular flexibility index (Phi) is 3.21. The summed E-state index contributed by atoms with van der Waals surface area (Å²) in [5, 5.41) is 10.6. The first-order chi connectivity index (χ1) is 10.4. The first kappa shape index (κ1) is 14.7. The number of aliphatic hydroxyl groups is 1. The van der Waals surface area contributed by atoms with E-state index >= 15 is 0 Å². The summed E-state index contributed by atoms with van der Waals surface area (Å²) < 4.78 is 0. The Morgan fingerprint density at radius 1 is 1.23 bits per heavy atom. The van der Waals surface area contributed by atoms with E-state index in [-0.39, 0.29) is 11.5 Å². The average Bonchev–Trinajstić information content (AvgIpc) is 2.74. The van der Waals surface area contributed by atoms with Gasteiger partial charge < -0.3 is 5.11 Å². The predicted octanol–water partition coefficient (Wildman–Crippen LogP) is 4.05. The van der Waals surface area contributed by atoms with Crippen molar-refractivity contribution in [1.29, 1.82) is 0 Å². The maximum Gasteiger partial charge on any atom is 0.156 e. The first-order valence-electron chi connectivity index (χ1n) is 9.06. The van der Waals surface area contributed by atoms with Gasteiger partial charge in [-0.1, -0.05) is 26.3 Å². The maximum atomic E-state index is 11.8. The molecular weight excluding hydrogens is 272 g/mol. The molecule has 0 saturated heterocycles. The zero-order valence-corrected chi connectivity index (χ0v) is 14.1. The number of carbonyl (C=O) groups is 1. The highest BCUT2D eigenvalue weighted by molar-refractivity contribution is 5.93. The van der Waals surface area contributed by atoms with Crippen LogP contribution in [0.5, 0.6) is 0 Å². The van der Waals surface area contributed by atoms with Gasteiger partial charge >= 0.3 is 0 Å². The van der Waals surface area contributed by atoms with E-state index < -0.39 is 0 Å². The lowest BCUT2D eigenvalue weighted by Gasteiger charge is -2.53. The Hall–Kier alpha value is -0.890. The molecule has 4 aliphatic rings. The second kappa shape index (κ2) is 4.80. The Balaban J connectivity index is 1.84. The van der Waals surface area contributed by atoms with Gasteiger partial charge in [0.1, 0.15) is 0 Å². The Labute approximate surface area is 133 Å². The van der Waals surface area contributed by atoms with Gasteiger partial charge in [0, 0.05) is 6.42 Å². The molecule has 0 heterocycles. The average molecular weight is 300 g/mol. The highest BCUT2D eigenvalue weighted by Crippen LogP contribution is 2.62. The third-order valence-corrected chi connectivity index (χ3v) is 7.28. The molecule has 2 nitrogen and oxygen atoms in total. The molecule has 22 heavy (non-hydrogen) atoms. The molecule has 2 fully saturated rings. The molecule has 2 heteroatoms. The molecular formula is C20H28O2. The van der Waals surface area contributed by atoms with Gasteiger partial charge in [-0.3, -0.25) is 4.79 Å². The van der Waals surface area contributed by atoms with Crippen molar-refractivity contribution in [2.45, 2.75) is 65.4 Å². The van der Waals surface area contributed by atoms with Crippen LogP contribution < -0.4 is 0 Å². The number of carbonyl (C=O) groups excluding carboxylic acids is 1. The molecule has 6 atom stereocenters. The van der Waals surface area contributed by atoms with Gasteiger partial charge in [-0.15, -0.1) is 0 Å². The Morgan fingerprint density at radius 2 is 2.00 bits per heavy atom. The van der Waals surface area contributed by atoms with Gasteiger partial charge in [0.25, 0.3) is 0 Å². The van der Waals surface area contributed by atoms with Gasteiger partial charge in [0.05, 0.1) is 6.10 Å². The molecule has 0 aromatic carbocycles. The predicted molar refractivity (Wildman–Crippen MR) is 87.2 cm³/mol. The molecule has 0 aliphatic heterocycles. The van der Waals surface area contributed by atoms with E-state index in [1.807, 2.05) is 6.08 Å². The molecule has 0 radical (unpaired) electrons. The smallest absolute Gasteiger partial charge is 0.156 e. The van der Waals surface area contributed by atoms with Crippen LogP contribution in [0, 0.1) is 29.1 Å². The number of allylic oxidation sites excluding steroid dienone is 4.